The summed E-state index contributed by atoms with van der Waals surface area (Å²) in [5.41, 5.74) is 3.80. The van der Waals surface area contributed by atoms with Gasteiger partial charge in [-0.15, -0.1) is 0 Å². The molecule has 0 aliphatic heterocycles. The number of nitrogens with zero attached hydrogens (tertiary/aromatic N) is 2. The Kier molecular flexibility index (Phi) is 7.72. The topological polar surface area (TPSA) is 27.3 Å². The molecule has 118 valence electrons. The third-order valence-electron chi connectivity index (χ3n) is 3.39. The number of imidazole rings is 1. The molecule has 0 bridgehead atoms. The highest BCUT2D eigenvalue weighted by molar-refractivity contribution is 5.72. The van der Waals surface area contributed by atoms with Gasteiger partial charge in [0.15, 0.2) is 11.0 Å². The minimum Gasteiger partial charge on any atom is -1.00 e. The van der Waals surface area contributed by atoms with E-state index in [-0.39, 0.29) is 12.4 Å². The number of ether oxygens (including phenoxy) is 2. The Morgan fingerprint density at radius 3 is 2.52 bits per heavy atom. The summed E-state index contributed by atoms with van der Waals surface area (Å²) in [5, 5.41) is 0. The predicted molar refractivity (Wildman–Crippen MR) is 79.9 cm³/mol. The number of aromatic nitrogens is 2. The maximum atomic E-state index is 5.47. The van der Waals surface area contributed by atoms with Gasteiger partial charge in [0.05, 0.1) is 13.2 Å². The summed E-state index contributed by atoms with van der Waals surface area (Å²) >= 11 is 0. The molecule has 0 radical (unpaired) electrons. The van der Waals surface area contributed by atoms with E-state index in [2.05, 4.69) is 40.6 Å². The Morgan fingerprint density at radius 1 is 1.10 bits per heavy atom. The molecule has 2 rings (SSSR count). The fourth-order valence-corrected chi connectivity index (χ4v) is 2.37. The van der Waals surface area contributed by atoms with Gasteiger partial charge in [0.25, 0.3) is 0 Å². The monoisotopic (exact) mass is 312 g/mol. The van der Waals surface area contributed by atoms with Gasteiger partial charge in [-0.3, -0.25) is 0 Å². The van der Waals surface area contributed by atoms with Crippen LogP contribution in [-0.2, 0) is 22.6 Å². The van der Waals surface area contributed by atoms with Crippen LogP contribution in [0.25, 0.3) is 11.0 Å². The van der Waals surface area contributed by atoms with Crippen molar-refractivity contribution in [3.63, 3.8) is 0 Å². The number of halogens is 1. The van der Waals surface area contributed by atoms with E-state index in [4.69, 9.17) is 9.47 Å². The third kappa shape index (κ3) is 4.70. The molecular weight excluding hydrogens is 288 g/mol. The first-order valence-corrected chi connectivity index (χ1v) is 7.40. The third-order valence-corrected chi connectivity index (χ3v) is 3.39. The van der Waals surface area contributed by atoms with Crippen molar-refractivity contribution < 1.29 is 26.4 Å². The van der Waals surface area contributed by atoms with Gasteiger partial charge in [-0.1, -0.05) is 6.07 Å². The van der Waals surface area contributed by atoms with Crippen molar-refractivity contribution in [3.8, 4) is 0 Å². The lowest BCUT2D eigenvalue weighted by Gasteiger charge is -1.99. The van der Waals surface area contributed by atoms with E-state index in [1.54, 1.807) is 0 Å². The van der Waals surface area contributed by atoms with Crippen molar-refractivity contribution in [2.24, 2.45) is 0 Å². The molecule has 0 amide bonds. The van der Waals surface area contributed by atoms with Crippen LogP contribution in [0.15, 0.2) is 24.5 Å². The maximum absolute atomic E-state index is 5.47. The zero-order chi connectivity index (χ0) is 14.4. The van der Waals surface area contributed by atoms with Crippen molar-refractivity contribution >= 4 is 11.0 Å². The van der Waals surface area contributed by atoms with E-state index in [0.29, 0.717) is 0 Å². The van der Waals surface area contributed by atoms with E-state index >= 15 is 0 Å². The van der Waals surface area contributed by atoms with Crippen LogP contribution >= 0.6 is 0 Å². The van der Waals surface area contributed by atoms with E-state index in [1.807, 2.05) is 13.8 Å². The van der Waals surface area contributed by atoms with E-state index in [0.717, 1.165) is 39.5 Å². The van der Waals surface area contributed by atoms with Gasteiger partial charge < -0.3 is 21.9 Å². The van der Waals surface area contributed by atoms with Crippen LogP contribution in [0.5, 0.6) is 0 Å². The van der Waals surface area contributed by atoms with Gasteiger partial charge in [0.1, 0.15) is 13.1 Å². The summed E-state index contributed by atoms with van der Waals surface area (Å²) < 4.78 is 15.5. The van der Waals surface area contributed by atoms with Gasteiger partial charge in [-0.25, -0.2) is 9.13 Å². The van der Waals surface area contributed by atoms with E-state index in [1.165, 1.54) is 16.6 Å². The summed E-state index contributed by atoms with van der Waals surface area (Å²) in [6.45, 7) is 11.0. The van der Waals surface area contributed by atoms with Gasteiger partial charge in [0, 0.05) is 13.2 Å². The van der Waals surface area contributed by atoms with Crippen LogP contribution in [0.4, 0.5) is 0 Å². The minimum atomic E-state index is 0. The fraction of sp³-hybridized carbons (Fsp3) is 0.562. The molecule has 0 unspecified atom stereocenters. The highest BCUT2D eigenvalue weighted by atomic mass is 35.5. The molecule has 0 N–H and O–H groups in total. The molecule has 5 heteroatoms. The number of rotatable bonds is 8. The number of hydrogen-bond donors (Lipinski definition) is 0. The highest BCUT2D eigenvalue weighted by Gasteiger charge is 2.15. The summed E-state index contributed by atoms with van der Waals surface area (Å²) in [5.74, 6) is 0. The quantitative estimate of drug-likeness (QED) is 0.477. The lowest BCUT2D eigenvalue weighted by Crippen LogP contribution is -3.00. The molecule has 0 saturated heterocycles. The molecule has 0 atom stereocenters. The van der Waals surface area contributed by atoms with Gasteiger partial charge in [0.2, 0.25) is 6.33 Å². The van der Waals surface area contributed by atoms with Gasteiger partial charge in [-0.05, 0) is 38.5 Å². The number of aryl methyl sites for hydroxylation is 1. The summed E-state index contributed by atoms with van der Waals surface area (Å²) in [7, 11) is 0. The second kappa shape index (κ2) is 9.03. The minimum absolute atomic E-state index is 0. The summed E-state index contributed by atoms with van der Waals surface area (Å²) in [6.07, 6.45) is 2.17. The molecular formula is C16H25ClN2O2. The van der Waals surface area contributed by atoms with Crippen molar-refractivity contribution in [1.29, 1.82) is 0 Å². The Hall–Kier alpha value is -1.10. The molecule has 0 fully saturated rings. The predicted octanol–water partition coefficient (Wildman–Crippen LogP) is -0.686. The van der Waals surface area contributed by atoms with E-state index < -0.39 is 0 Å². The normalized spacial score (nSPS) is 10.8. The molecule has 2 aromatic rings. The van der Waals surface area contributed by atoms with Crippen molar-refractivity contribution in [2.45, 2.75) is 33.9 Å². The van der Waals surface area contributed by atoms with Crippen molar-refractivity contribution in [3.05, 3.63) is 30.1 Å². The molecule has 0 spiro atoms. The van der Waals surface area contributed by atoms with Crippen LogP contribution in [0, 0.1) is 6.92 Å². The number of fused-ring (bicyclic) bond motifs is 1. The SMILES string of the molecule is CCOCCn1c[n+](CCOCC)c2ccc(C)cc21.[Cl-]. The van der Waals surface area contributed by atoms with Crippen molar-refractivity contribution in [1.82, 2.24) is 4.57 Å². The van der Waals surface area contributed by atoms with Crippen molar-refractivity contribution in [2.75, 3.05) is 26.4 Å². The first-order chi connectivity index (χ1) is 9.76. The van der Waals surface area contributed by atoms with Crippen LogP contribution < -0.4 is 17.0 Å². The standard InChI is InChI=1S/C16H25N2O2.ClH/c1-4-19-10-8-17-13-18(9-11-20-5-2)16-12-14(3)6-7-15(16)17;/h6-7,12-13H,4-5,8-11H2,1-3H3;1H/q+1;/p-1. The van der Waals surface area contributed by atoms with Gasteiger partial charge in [-0.2, -0.15) is 0 Å². The Morgan fingerprint density at radius 2 is 1.81 bits per heavy atom. The fourth-order valence-electron chi connectivity index (χ4n) is 2.37. The molecule has 4 nitrogen and oxygen atoms in total. The van der Waals surface area contributed by atoms with Crippen LogP contribution in [0.1, 0.15) is 19.4 Å². The smallest absolute Gasteiger partial charge is 0.244 e. The van der Waals surface area contributed by atoms with Crippen LogP contribution in [-0.4, -0.2) is 31.0 Å². The Labute approximate surface area is 133 Å². The molecule has 0 aliphatic rings. The maximum Gasteiger partial charge on any atom is 0.244 e. The lowest BCUT2D eigenvalue weighted by molar-refractivity contribution is -0.674. The Balaban J connectivity index is 0.00000220. The first kappa shape index (κ1) is 18.0. The van der Waals surface area contributed by atoms with Crippen LogP contribution in [0.3, 0.4) is 0 Å². The van der Waals surface area contributed by atoms with Crippen LogP contribution in [0.2, 0.25) is 0 Å². The zero-order valence-corrected chi connectivity index (χ0v) is 13.9. The largest absolute Gasteiger partial charge is 1.00 e. The molecule has 0 saturated carbocycles. The second-order valence-electron chi connectivity index (χ2n) is 4.89. The molecule has 21 heavy (non-hydrogen) atoms. The number of hydrogen-bond acceptors (Lipinski definition) is 2. The van der Waals surface area contributed by atoms with Gasteiger partial charge >= 0.3 is 0 Å². The summed E-state index contributed by atoms with van der Waals surface area (Å²) in [4.78, 5) is 0. The zero-order valence-electron chi connectivity index (χ0n) is 13.1. The first-order valence-electron chi connectivity index (χ1n) is 7.40. The average Bonchev–Trinajstić information content (AvgIpc) is 2.77. The molecule has 1 aromatic heterocycles. The van der Waals surface area contributed by atoms with E-state index in [9.17, 15) is 0 Å². The average molecular weight is 313 g/mol. The molecule has 1 aromatic carbocycles. The number of benzene rings is 1. The second-order valence-corrected chi connectivity index (χ2v) is 4.89. The lowest BCUT2D eigenvalue weighted by atomic mass is 10.2. The molecule has 0 aliphatic carbocycles. The Bertz CT molecular complexity index is 554. The highest BCUT2D eigenvalue weighted by Crippen LogP contribution is 2.13. The molecule has 1 heterocycles. The summed E-state index contributed by atoms with van der Waals surface area (Å²) in [6, 6.07) is 6.58.